The van der Waals surface area contributed by atoms with Gasteiger partial charge in [0.1, 0.15) is 0 Å². The smallest absolute Gasteiger partial charge is 0.269 e. The van der Waals surface area contributed by atoms with Gasteiger partial charge in [0.05, 0.1) is 26.3 Å². The van der Waals surface area contributed by atoms with Crippen molar-refractivity contribution in [3.63, 3.8) is 0 Å². The minimum absolute atomic E-state index is 0.288. The minimum Gasteiger partial charge on any atom is -0.378 e. The molecule has 1 amide bonds. The second kappa shape index (κ2) is 3.67. The molecule has 1 aliphatic rings. The highest BCUT2D eigenvalue weighted by molar-refractivity contribution is 5.90. The molecule has 76 valence electrons. The number of primary amides is 1. The highest BCUT2D eigenvalue weighted by Gasteiger charge is 2.13. The highest BCUT2D eigenvalue weighted by Crippen LogP contribution is 1.99. The topological polar surface area (TPSA) is 73.4 Å². The van der Waals surface area contributed by atoms with Crippen LogP contribution in [0.25, 0.3) is 0 Å². The monoisotopic (exact) mass is 196 g/mol. The van der Waals surface area contributed by atoms with Crippen LogP contribution in [0.3, 0.4) is 0 Å². The van der Waals surface area contributed by atoms with Gasteiger partial charge in [-0.3, -0.25) is 9.80 Å². The summed E-state index contributed by atoms with van der Waals surface area (Å²) in [6.45, 7) is 2.93. The minimum atomic E-state index is -0.503. The summed E-state index contributed by atoms with van der Waals surface area (Å²) in [5.74, 6) is -0.503. The van der Waals surface area contributed by atoms with Gasteiger partial charge in [0.15, 0.2) is 5.69 Å². The van der Waals surface area contributed by atoms with E-state index in [-0.39, 0.29) is 5.69 Å². The van der Waals surface area contributed by atoms with E-state index in [9.17, 15) is 4.79 Å². The van der Waals surface area contributed by atoms with Gasteiger partial charge in [-0.2, -0.15) is 4.79 Å². The van der Waals surface area contributed by atoms with E-state index in [4.69, 9.17) is 10.5 Å². The van der Waals surface area contributed by atoms with Crippen molar-refractivity contribution in [3.8, 4) is 0 Å². The highest BCUT2D eigenvalue weighted by atomic mass is 16.5. The van der Waals surface area contributed by atoms with E-state index in [0.29, 0.717) is 13.2 Å². The van der Waals surface area contributed by atoms with Crippen molar-refractivity contribution in [1.82, 2.24) is 9.89 Å². The average molecular weight is 196 g/mol. The van der Waals surface area contributed by atoms with Gasteiger partial charge in [-0.1, -0.05) is 0 Å². The molecule has 0 aliphatic carbocycles. The predicted octanol–water partition coefficient (Wildman–Crippen LogP) is -1.05. The normalized spacial score (nSPS) is 17.0. The van der Waals surface area contributed by atoms with Crippen molar-refractivity contribution in [2.75, 3.05) is 31.3 Å². The van der Waals surface area contributed by atoms with Crippen LogP contribution < -0.4 is 10.7 Å². The van der Waals surface area contributed by atoms with Crippen molar-refractivity contribution >= 4 is 5.91 Å². The first-order valence-electron chi connectivity index (χ1n) is 4.46. The number of carbonyl (C=O) groups is 1. The fraction of sp³-hybridized carbons (Fsp3) is 0.500. The third-order valence-electron chi connectivity index (χ3n) is 2.11. The van der Waals surface area contributed by atoms with Gasteiger partial charge in [-0.15, -0.1) is 5.10 Å². The number of nitrogens with zero attached hydrogens (tertiary/aromatic N) is 3. The summed E-state index contributed by atoms with van der Waals surface area (Å²) in [4.78, 5) is 12.4. The van der Waals surface area contributed by atoms with E-state index >= 15 is 0 Å². The summed E-state index contributed by atoms with van der Waals surface area (Å²) in [6.07, 6.45) is 1.73. The Hall–Kier alpha value is -1.56. The number of rotatable bonds is 2. The molecule has 6 nitrogen and oxygen atoms in total. The van der Waals surface area contributed by atoms with Gasteiger partial charge in [0, 0.05) is 6.20 Å². The molecule has 2 N–H and O–H groups in total. The lowest BCUT2D eigenvalue weighted by molar-refractivity contribution is 0.0991. The lowest BCUT2D eigenvalue weighted by Crippen LogP contribution is -2.44. The van der Waals surface area contributed by atoms with E-state index < -0.39 is 5.91 Å². The molecule has 6 heteroatoms. The van der Waals surface area contributed by atoms with Gasteiger partial charge in [0.2, 0.25) is 0 Å². The molecule has 0 radical (unpaired) electrons. The van der Waals surface area contributed by atoms with Gasteiger partial charge < -0.3 is 10.5 Å². The molecule has 0 spiro atoms. The van der Waals surface area contributed by atoms with Gasteiger partial charge in [0.25, 0.3) is 5.91 Å². The van der Waals surface area contributed by atoms with Crippen LogP contribution in [0, 0.1) is 0 Å². The first kappa shape index (κ1) is 9.01. The fourth-order valence-corrected chi connectivity index (χ4v) is 1.36. The van der Waals surface area contributed by atoms with Crippen LogP contribution in [0.2, 0.25) is 0 Å². The molecule has 14 heavy (non-hydrogen) atoms. The lowest BCUT2D eigenvalue weighted by atomic mass is 10.4. The molecule has 2 heterocycles. The van der Waals surface area contributed by atoms with Crippen LogP contribution in [0.4, 0.5) is 0 Å². The van der Waals surface area contributed by atoms with Gasteiger partial charge in [-0.25, -0.2) is 0 Å². The SMILES string of the molecule is NC(=O)c1ccn(N2CCOCC2)n1. The van der Waals surface area contributed by atoms with Crippen LogP contribution >= 0.6 is 0 Å². The zero-order valence-electron chi connectivity index (χ0n) is 7.72. The number of carbonyl (C=O) groups excluding carboxylic acids is 1. The zero-order valence-corrected chi connectivity index (χ0v) is 7.72. The zero-order chi connectivity index (χ0) is 9.97. The number of morpholine rings is 1. The Kier molecular flexibility index (Phi) is 2.36. The van der Waals surface area contributed by atoms with Crippen molar-refractivity contribution < 1.29 is 9.53 Å². The molecule has 1 saturated heterocycles. The first-order valence-corrected chi connectivity index (χ1v) is 4.46. The van der Waals surface area contributed by atoms with Crippen molar-refractivity contribution in [2.45, 2.75) is 0 Å². The number of hydrogen-bond donors (Lipinski definition) is 1. The van der Waals surface area contributed by atoms with Crippen molar-refractivity contribution in [1.29, 1.82) is 0 Å². The van der Waals surface area contributed by atoms with E-state index in [1.165, 1.54) is 0 Å². The molecule has 0 unspecified atom stereocenters. The number of hydrogen-bond acceptors (Lipinski definition) is 4. The summed E-state index contributed by atoms with van der Waals surface area (Å²) in [5.41, 5.74) is 5.39. The summed E-state index contributed by atoms with van der Waals surface area (Å²) in [7, 11) is 0. The van der Waals surface area contributed by atoms with Crippen LogP contribution in [-0.4, -0.2) is 42.1 Å². The molecular weight excluding hydrogens is 184 g/mol. The van der Waals surface area contributed by atoms with Crippen LogP contribution in [0.1, 0.15) is 10.5 Å². The summed E-state index contributed by atoms with van der Waals surface area (Å²) in [5, 5.41) is 6.04. The maximum Gasteiger partial charge on any atom is 0.269 e. The molecule has 1 aromatic heterocycles. The molecule has 0 bridgehead atoms. The maximum atomic E-state index is 10.8. The molecule has 1 aromatic rings. The van der Waals surface area contributed by atoms with Crippen LogP contribution in [0.5, 0.6) is 0 Å². The molecule has 1 fully saturated rings. The molecule has 1 aliphatic heterocycles. The third-order valence-corrected chi connectivity index (χ3v) is 2.11. The second-order valence-electron chi connectivity index (χ2n) is 3.05. The third kappa shape index (κ3) is 1.69. The largest absolute Gasteiger partial charge is 0.378 e. The van der Waals surface area contributed by atoms with Gasteiger partial charge in [-0.05, 0) is 6.07 Å². The standard InChI is InChI=1S/C8H12N4O2/c9-8(13)7-1-2-12(10-7)11-3-5-14-6-4-11/h1-2H,3-6H2,(H2,9,13). The Labute approximate surface area is 81.2 Å². The first-order chi connectivity index (χ1) is 6.77. The molecular formula is C8H12N4O2. The van der Waals surface area contributed by atoms with E-state index in [1.807, 2.05) is 5.01 Å². The van der Waals surface area contributed by atoms with Crippen molar-refractivity contribution in [3.05, 3.63) is 18.0 Å². The van der Waals surface area contributed by atoms with E-state index in [1.54, 1.807) is 17.1 Å². The lowest BCUT2D eigenvalue weighted by Gasteiger charge is -2.28. The van der Waals surface area contributed by atoms with Crippen molar-refractivity contribution in [2.24, 2.45) is 5.73 Å². The molecule has 2 rings (SSSR count). The Morgan fingerprint density at radius 2 is 2.21 bits per heavy atom. The molecule has 0 atom stereocenters. The number of aromatic nitrogens is 2. The average Bonchev–Trinajstić information content (AvgIpc) is 2.68. The quantitative estimate of drug-likeness (QED) is 0.655. The van der Waals surface area contributed by atoms with E-state index in [2.05, 4.69) is 5.10 Å². The van der Waals surface area contributed by atoms with Crippen LogP contribution in [-0.2, 0) is 4.74 Å². The number of amides is 1. The Morgan fingerprint density at radius 3 is 2.79 bits per heavy atom. The Morgan fingerprint density at radius 1 is 1.50 bits per heavy atom. The molecule has 0 saturated carbocycles. The number of nitrogens with two attached hydrogens (primary N) is 1. The second-order valence-corrected chi connectivity index (χ2v) is 3.05. The maximum absolute atomic E-state index is 10.8. The summed E-state index contributed by atoms with van der Waals surface area (Å²) < 4.78 is 5.20. The summed E-state index contributed by atoms with van der Waals surface area (Å²) in [6, 6.07) is 1.61. The molecule has 0 aromatic carbocycles. The van der Waals surface area contributed by atoms with Crippen LogP contribution in [0.15, 0.2) is 12.3 Å². The number of ether oxygens (including phenoxy) is 1. The Balaban J connectivity index is 2.11. The van der Waals surface area contributed by atoms with Gasteiger partial charge >= 0.3 is 0 Å². The van der Waals surface area contributed by atoms with E-state index in [0.717, 1.165) is 13.1 Å². The predicted molar refractivity (Wildman–Crippen MR) is 49.5 cm³/mol. The Bertz CT molecular complexity index is 330. The fourth-order valence-electron chi connectivity index (χ4n) is 1.36. The summed E-state index contributed by atoms with van der Waals surface area (Å²) >= 11 is 0.